The molecule has 6 heteroatoms. The second-order valence-corrected chi connectivity index (χ2v) is 4.62. The summed E-state index contributed by atoms with van der Waals surface area (Å²) in [6, 6.07) is 3.90. The molecule has 0 aliphatic heterocycles. The predicted octanol–water partition coefficient (Wildman–Crippen LogP) is 2.07. The first-order valence-electron chi connectivity index (χ1n) is 6.07. The molecule has 0 spiro atoms. The van der Waals surface area contributed by atoms with Gasteiger partial charge >= 0.3 is 0 Å². The van der Waals surface area contributed by atoms with E-state index in [1.165, 1.54) is 6.07 Å². The van der Waals surface area contributed by atoms with Crippen molar-refractivity contribution in [2.24, 2.45) is 7.05 Å². The maximum Gasteiger partial charge on any atom is 0.149 e. The van der Waals surface area contributed by atoms with Gasteiger partial charge in [0.1, 0.15) is 23.7 Å². The molecule has 2 atom stereocenters. The van der Waals surface area contributed by atoms with Crippen molar-refractivity contribution in [1.82, 2.24) is 20.1 Å². The molecular weight excluding hydrogens is 247 g/mol. The van der Waals surface area contributed by atoms with Crippen molar-refractivity contribution in [1.29, 1.82) is 0 Å². The Labute approximate surface area is 111 Å². The van der Waals surface area contributed by atoms with Crippen LogP contribution < -0.4 is 5.32 Å². The lowest BCUT2D eigenvalue weighted by atomic mass is 10.1. The van der Waals surface area contributed by atoms with Crippen LogP contribution in [-0.4, -0.2) is 19.9 Å². The Morgan fingerprint density at radius 1 is 1.32 bits per heavy atom. The van der Waals surface area contributed by atoms with Gasteiger partial charge in [0.15, 0.2) is 0 Å². The van der Waals surface area contributed by atoms with Gasteiger partial charge in [-0.25, -0.2) is 4.39 Å². The normalized spacial score (nSPS) is 14.3. The summed E-state index contributed by atoms with van der Waals surface area (Å²) in [6.45, 7) is 3.81. The van der Waals surface area contributed by atoms with Gasteiger partial charge in [-0.05, 0) is 19.9 Å². The lowest BCUT2D eigenvalue weighted by Gasteiger charge is -2.20. The largest absolute Gasteiger partial charge is 0.508 e. The molecule has 0 fully saturated rings. The number of phenols is 1. The van der Waals surface area contributed by atoms with E-state index >= 15 is 0 Å². The van der Waals surface area contributed by atoms with E-state index in [4.69, 9.17) is 0 Å². The predicted molar refractivity (Wildman–Crippen MR) is 69.0 cm³/mol. The Morgan fingerprint density at radius 3 is 2.63 bits per heavy atom. The minimum absolute atomic E-state index is 0.0595. The number of rotatable bonds is 4. The molecule has 0 aliphatic rings. The van der Waals surface area contributed by atoms with Crippen molar-refractivity contribution in [3.8, 4) is 5.75 Å². The van der Waals surface area contributed by atoms with Crippen LogP contribution in [0.15, 0.2) is 24.5 Å². The Kier molecular flexibility index (Phi) is 3.80. The SMILES string of the molecule is CC(NC(C)c1nncn1C)c1ccc(O)cc1F. The fraction of sp³-hybridized carbons (Fsp3) is 0.385. The Balaban J connectivity index is 2.13. The summed E-state index contributed by atoms with van der Waals surface area (Å²) < 4.78 is 15.6. The number of nitrogens with zero attached hydrogens (tertiary/aromatic N) is 3. The van der Waals surface area contributed by atoms with E-state index in [9.17, 15) is 9.50 Å². The maximum atomic E-state index is 13.7. The molecule has 1 aromatic heterocycles. The number of nitrogens with one attached hydrogen (secondary N) is 1. The van der Waals surface area contributed by atoms with Crippen LogP contribution >= 0.6 is 0 Å². The van der Waals surface area contributed by atoms with Gasteiger partial charge in [0, 0.05) is 24.7 Å². The van der Waals surface area contributed by atoms with Gasteiger partial charge in [-0.2, -0.15) is 0 Å². The van der Waals surface area contributed by atoms with Gasteiger partial charge < -0.3 is 15.0 Å². The highest BCUT2D eigenvalue weighted by molar-refractivity contribution is 5.29. The molecule has 102 valence electrons. The molecule has 2 N–H and O–H groups in total. The van der Waals surface area contributed by atoms with Crippen molar-refractivity contribution < 1.29 is 9.50 Å². The summed E-state index contributed by atoms with van der Waals surface area (Å²) in [6.07, 6.45) is 1.62. The third kappa shape index (κ3) is 2.90. The molecule has 0 saturated heterocycles. The number of hydrogen-bond donors (Lipinski definition) is 2. The standard InChI is InChI=1S/C13H17FN4O/c1-8(11-5-4-10(19)6-12(11)14)16-9(2)13-17-15-7-18(13)3/h4-9,16,19H,1-3H3. The topological polar surface area (TPSA) is 63.0 Å². The summed E-state index contributed by atoms with van der Waals surface area (Å²) in [5, 5.41) is 20.3. The van der Waals surface area contributed by atoms with Crippen molar-refractivity contribution in [2.75, 3.05) is 0 Å². The number of aryl methyl sites for hydroxylation is 1. The van der Waals surface area contributed by atoms with Crippen LogP contribution in [0, 0.1) is 5.82 Å². The zero-order valence-electron chi connectivity index (χ0n) is 11.1. The average molecular weight is 264 g/mol. The summed E-state index contributed by atoms with van der Waals surface area (Å²) in [7, 11) is 1.86. The third-order valence-corrected chi connectivity index (χ3v) is 3.08. The highest BCUT2D eigenvalue weighted by Crippen LogP contribution is 2.23. The number of phenolic OH excluding ortho intramolecular Hbond substituents is 1. The smallest absolute Gasteiger partial charge is 0.149 e. The van der Waals surface area contributed by atoms with Crippen LogP contribution in [0.4, 0.5) is 4.39 Å². The van der Waals surface area contributed by atoms with Crippen molar-refractivity contribution in [3.05, 3.63) is 41.7 Å². The summed E-state index contributed by atoms with van der Waals surface area (Å²) in [4.78, 5) is 0. The lowest BCUT2D eigenvalue weighted by molar-refractivity contribution is 0.443. The van der Waals surface area contributed by atoms with Gasteiger partial charge in [0.25, 0.3) is 0 Å². The van der Waals surface area contributed by atoms with Crippen LogP contribution in [0.3, 0.4) is 0 Å². The van der Waals surface area contributed by atoms with E-state index in [1.54, 1.807) is 12.4 Å². The second-order valence-electron chi connectivity index (χ2n) is 4.62. The molecule has 0 amide bonds. The number of hydrogen-bond acceptors (Lipinski definition) is 4. The number of aromatic nitrogens is 3. The van der Waals surface area contributed by atoms with E-state index in [2.05, 4.69) is 15.5 Å². The van der Waals surface area contributed by atoms with Gasteiger partial charge in [-0.1, -0.05) is 6.07 Å². The molecule has 0 radical (unpaired) electrons. The van der Waals surface area contributed by atoms with Crippen LogP contribution in [0.25, 0.3) is 0 Å². The van der Waals surface area contributed by atoms with Crippen LogP contribution in [0.5, 0.6) is 5.75 Å². The molecule has 2 rings (SSSR count). The molecule has 5 nitrogen and oxygen atoms in total. The molecule has 0 bridgehead atoms. The second kappa shape index (κ2) is 5.36. The highest BCUT2D eigenvalue weighted by Gasteiger charge is 2.17. The summed E-state index contributed by atoms with van der Waals surface area (Å²) in [5.41, 5.74) is 0.506. The first-order valence-corrected chi connectivity index (χ1v) is 6.07. The van der Waals surface area contributed by atoms with Gasteiger partial charge in [-0.15, -0.1) is 10.2 Å². The zero-order valence-corrected chi connectivity index (χ0v) is 11.1. The fourth-order valence-corrected chi connectivity index (χ4v) is 2.09. The first-order chi connectivity index (χ1) is 8.99. The van der Waals surface area contributed by atoms with Gasteiger partial charge in [0.2, 0.25) is 0 Å². The molecule has 1 aromatic carbocycles. The third-order valence-electron chi connectivity index (χ3n) is 3.08. The number of halogens is 1. The first kappa shape index (κ1) is 13.5. The quantitative estimate of drug-likeness (QED) is 0.887. The minimum Gasteiger partial charge on any atom is -0.508 e. The summed E-state index contributed by atoms with van der Waals surface area (Å²) in [5.74, 6) is 0.283. The van der Waals surface area contributed by atoms with Crippen molar-refractivity contribution >= 4 is 0 Å². The summed E-state index contributed by atoms with van der Waals surface area (Å²) >= 11 is 0. The molecule has 0 aliphatic carbocycles. The Bertz CT molecular complexity index is 570. The highest BCUT2D eigenvalue weighted by atomic mass is 19.1. The molecule has 1 heterocycles. The van der Waals surface area contributed by atoms with Crippen LogP contribution in [-0.2, 0) is 7.05 Å². The average Bonchev–Trinajstić information content (AvgIpc) is 2.75. The molecule has 0 saturated carbocycles. The van der Waals surface area contributed by atoms with Crippen molar-refractivity contribution in [2.45, 2.75) is 25.9 Å². The van der Waals surface area contributed by atoms with Gasteiger partial charge in [-0.3, -0.25) is 0 Å². The van der Waals surface area contributed by atoms with E-state index in [0.29, 0.717) is 5.56 Å². The van der Waals surface area contributed by atoms with Gasteiger partial charge in [0.05, 0.1) is 6.04 Å². The van der Waals surface area contributed by atoms with Crippen LogP contribution in [0.1, 0.15) is 37.3 Å². The monoisotopic (exact) mass is 264 g/mol. The lowest BCUT2D eigenvalue weighted by Crippen LogP contribution is -2.25. The molecule has 2 unspecified atom stereocenters. The van der Waals surface area contributed by atoms with E-state index < -0.39 is 5.82 Å². The van der Waals surface area contributed by atoms with E-state index in [-0.39, 0.29) is 17.8 Å². The molecule has 19 heavy (non-hydrogen) atoms. The Hall–Kier alpha value is -1.95. The molecular formula is C13H17FN4O. The maximum absolute atomic E-state index is 13.7. The number of benzene rings is 1. The fourth-order valence-electron chi connectivity index (χ4n) is 2.09. The number of aromatic hydroxyl groups is 1. The minimum atomic E-state index is -0.426. The Morgan fingerprint density at radius 2 is 2.05 bits per heavy atom. The zero-order chi connectivity index (χ0) is 14.0. The van der Waals surface area contributed by atoms with E-state index in [1.807, 2.05) is 25.5 Å². The van der Waals surface area contributed by atoms with Crippen LogP contribution in [0.2, 0.25) is 0 Å². The van der Waals surface area contributed by atoms with E-state index in [0.717, 1.165) is 11.9 Å². The molecule has 2 aromatic rings. The van der Waals surface area contributed by atoms with Crippen molar-refractivity contribution in [3.63, 3.8) is 0 Å².